The summed E-state index contributed by atoms with van der Waals surface area (Å²) in [6, 6.07) is -0.602. The Hall–Kier alpha value is -1.40. The van der Waals surface area contributed by atoms with Crippen LogP contribution in [-0.2, 0) is 14.3 Å². The molecule has 0 amide bonds. The Morgan fingerprint density at radius 2 is 1.63 bits per heavy atom. The summed E-state index contributed by atoms with van der Waals surface area (Å²) in [6.45, 7) is 19.4. The van der Waals surface area contributed by atoms with E-state index in [4.69, 9.17) is 16.2 Å². The SMILES string of the molecule is C=C(C)[C@@H]1CC[C@]2(C(=O)O)CC[C@]3(C)[C@H](CC[C@@H]4[C@@]5(C)CC[C@H](OC(=O)[C@@H](N)CCCN)C(C)(C)[C@@H]5CC[C@]43C)[C@@H]12. The van der Waals surface area contributed by atoms with Crippen molar-refractivity contribution in [2.45, 2.75) is 131 Å². The third-order valence-corrected chi connectivity index (χ3v) is 14.7. The Bertz CT molecular complexity index is 1070. The number of allylic oxidation sites excluding steroid dienone is 1. The van der Waals surface area contributed by atoms with E-state index < -0.39 is 17.4 Å². The lowest BCUT2D eigenvalue weighted by molar-refractivity contribution is -0.250. The predicted molar refractivity (Wildman–Crippen MR) is 163 cm³/mol. The van der Waals surface area contributed by atoms with Gasteiger partial charge in [-0.05, 0) is 136 Å². The van der Waals surface area contributed by atoms with E-state index in [-0.39, 0.29) is 39.7 Å². The van der Waals surface area contributed by atoms with Crippen molar-refractivity contribution >= 4 is 11.9 Å². The van der Waals surface area contributed by atoms with E-state index in [2.05, 4.69) is 48.1 Å². The van der Waals surface area contributed by atoms with Gasteiger partial charge in [-0.3, -0.25) is 9.59 Å². The molecule has 5 fully saturated rings. The van der Waals surface area contributed by atoms with E-state index in [0.717, 1.165) is 64.2 Å². The first-order valence-corrected chi connectivity index (χ1v) is 16.6. The van der Waals surface area contributed by atoms with Gasteiger partial charge in [-0.2, -0.15) is 0 Å². The van der Waals surface area contributed by atoms with E-state index in [0.29, 0.717) is 36.6 Å². The molecule has 0 radical (unpaired) electrons. The molecule has 5 aliphatic rings. The number of rotatable bonds is 7. The minimum atomic E-state index is -0.602. The molecular formula is C35H58N2O4. The van der Waals surface area contributed by atoms with Crippen molar-refractivity contribution in [1.29, 1.82) is 0 Å². The number of carbonyl (C=O) groups excluding carboxylic acids is 1. The smallest absolute Gasteiger partial charge is 0.323 e. The zero-order chi connectivity index (χ0) is 30.2. The highest BCUT2D eigenvalue weighted by atomic mass is 16.5. The molecule has 5 N–H and O–H groups in total. The van der Waals surface area contributed by atoms with Crippen molar-refractivity contribution < 1.29 is 19.4 Å². The van der Waals surface area contributed by atoms with Crippen LogP contribution in [0.25, 0.3) is 0 Å². The average Bonchev–Trinajstić information content (AvgIpc) is 3.31. The number of ether oxygens (including phenoxy) is 1. The van der Waals surface area contributed by atoms with Gasteiger partial charge >= 0.3 is 11.9 Å². The van der Waals surface area contributed by atoms with Crippen molar-refractivity contribution in [1.82, 2.24) is 0 Å². The minimum Gasteiger partial charge on any atom is -0.481 e. The summed E-state index contributed by atoms with van der Waals surface area (Å²) in [6.07, 6.45) is 11.3. The highest BCUT2D eigenvalue weighted by Gasteiger charge is 2.72. The summed E-state index contributed by atoms with van der Waals surface area (Å²) in [5, 5.41) is 10.6. The molecule has 0 spiro atoms. The van der Waals surface area contributed by atoms with E-state index >= 15 is 0 Å². The van der Waals surface area contributed by atoms with Crippen LogP contribution in [0.3, 0.4) is 0 Å². The fourth-order valence-electron chi connectivity index (χ4n) is 12.4. The molecule has 0 aromatic heterocycles. The van der Waals surface area contributed by atoms with E-state index in [1.54, 1.807) is 0 Å². The number of nitrogens with two attached hydrogens (primary N) is 2. The van der Waals surface area contributed by atoms with Crippen molar-refractivity contribution in [3.63, 3.8) is 0 Å². The van der Waals surface area contributed by atoms with Crippen LogP contribution < -0.4 is 11.5 Å². The molecule has 41 heavy (non-hydrogen) atoms. The number of carboxylic acids is 1. The van der Waals surface area contributed by atoms with Gasteiger partial charge in [0.1, 0.15) is 12.1 Å². The first-order chi connectivity index (χ1) is 19.1. The predicted octanol–water partition coefficient (Wildman–Crippen LogP) is 6.71. The highest BCUT2D eigenvalue weighted by Crippen LogP contribution is 2.77. The van der Waals surface area contributed by atoms with E-state index in [9.17, 15) is 14.7 Å². The molecule has 0 aliphatic heterocycles. The lowest BCUT2D eigenvalue weighted by Crippen LogP contribution is -2.67. The molecule has 5 saturated carbocycles. The number of hydrogen-bond donors (Lipinski definition) is 3. The normalized spacial score (nSPS) is 47.2. The maximum absolute atomic E-state index is 12.9. The monoisotopic (exact) mass is 570 g/mol. The zero-order valence-corrected chi connectivity index (χ0v) is 26.8. The minimum absolute atomic E-state index is 0.117. The van der Waals surface area contributed by atoms with Crippen LogP contribution in [-0.4, -0.2) is 35.7 Å². The average molecular weight is 571 g/mol. The summed E-state index contributed by atoms with van der Waals surface area (Å²) in [5.41, 5.74) is 12.7. The second kappa shape index (κ2) is 10.4. The molecule has 11 atom stereocenters. The lowest BCUT2D eigenvalue weighted by Gasteiger charge is -2.72. The number of aliphatic carboxylic acids is 1. The number of carboxylic acid groups (broad SMARTS) is 1. The molecule has 0 heterocycles. The van der Waals surface area contributed by atoms with Gasteiger partial charge in [-0.15, -0.1) is 0 Å². The first-order valence-electron chi connectivity index (χ1n) is 16.6. The molecule has 0 aromatic carbocycles. The van der Waals surface area contributed by atoms with Crippen molar-refractivity contribution in [3.05, 3.63) is 12.2 Å². The lowest BCUT2D eigenvalue weighted by atomic mass is 9.32. The summed E-state index contributed by atoms with van der Waals surface area (Å²) in [4.78, 5) is 25.8. The molecule has 0 bridgehead atoms. The second-order valence-corrected chi connectivity index (χ2v) is 16.5. The highest BCUT2D eigenvalue weighted by molar-refractivity contribution is 5.76. The summed E-state index contributed by atoms with van der Waals surface area (Å²) in [5.74, 6) is 1.17. The van der Waals surface area contributed by atoms with Gasteiger partial charge in [0.15, 0.2) is 0 Å². The van der Waals surface area contributed by atoms with Gasteiger partial charge < -0.3 is 21.3 Å². The number of fused-ring (bicyclic) bond motifs is 7. The third-order valence-electron chi connectivity index (χ3n) is 14.7. The Labute approximate surface area is 248 Å². The fraction of sp³-hybridized carbons (Fsp3) is 0.886. The standard InChI is InChI=1S/C35H58N2O4/c1-21(2)22-12-17-35(30(39)40)19-18-33(6)23(28(22)35)10-11-26-32(5)15-14-27(41-29(38)24(37)9-8-20-36)31(3,4)25(32)13-16-34(26,33)7/h22-28H,1,8-20,36-37H2,2-7H3,(H,39,40)/t22-,23+,24-,25-,26+,27-,28+,32-,33+,34+,35-/m0/s1. The van der Waals surface area contributed by atoms with Crippen molar-refractivity contribution in [2.24, 2.45) is 68.1 Å². The maximum atomic E-state index is 12.9. The second-order valence-electron chi connectivity index (χ2n) is 16.5. The summed E-state index contributed by atoms with van der Waals surface area (Å²) in [7, 11) is 0. The molecule has 232 valence electrons. The molecular weight excluding hydrogens is 512 g/mol. The van der Waals surface area contributed by atoms with Crippen LogP contribution in [0.5, 0.6) is 0 Å². The molecule has 0 aromatic rings. The summed E-state index contributed by atoms with van der Waals surface area (Å²) < 4.78 is 6.17. The van der Waals surface area contributed by atoms with Crippen LogP contribution in [0.4, 0.5) is 0 Å². The topological polar surface area (TPSA) is 116 Å². The maximum Gasteiger partial charge on any atom is 0.323 e. The number of esters is 1. The molecule has 5 aliphatic carbocycles. The zero-order valence-electron chi connectivity index (χ0n) is 26.8. The van der Waals surface area contributed by atoms with Crippen LogP contribution in [0.1, 0.15) is 119 Å². The van der Waals surface area contributed by atoms with Gasteiger partial charge in [0.05, 0.1) is 5.41 Å². The fourth-order valence-corrected chi connectivity index (χ4v) is 12.4. The Morgan fingerprint density at radius 1 is 0.927 bits per heavy atom. The van der Waals surface area contributed by atoms with Gasteiger partial charge in [0.2, 0.25) is 0 Å². The van der Waals surface area contributed by atoms with Crippen molar-refractivity contribution in [2.75, 3.05) is 6.54 Å². The largest absolute Gasteiger partial charge is 0.481 e. The Balaban J connectivity index is 1.42. The summed E-state index contributed by atoms with van der Waals surface area (Å²) >= 11 is 0. The third kappa shape index (κ3) is 4.30. The van der Waals surface area contributed by atoms with Crippen LogP contribution in [0, 0.1) is 56.7 Å². The van der Waals surface area contributed by atoms with E-state index in [1.165, 1.54) is 12.0 Å². The van der Waals surface area contributed by atoms with Gasteiger partial charge in [0.25, 0.3) is 0 Å². The van der Waals surface area contributed by atoms with Gasteiger partial charge in [0, 0.05) is 5.41 Å². The van der Waals surface area contributed by atoms with Crippen LogP contribution in [0.2, 0.25) is 0 Å². The van der Waals surface area contributed by atoms with Gasteiger partial charge in [-0.1, -0.05) is 46.8 Å². The molecule has 0 saturated heterocycles. The van der Waals surface area contributed by atoms with Crippen LogP contribution in [0.15, 0.2) is 12.2 Å². The Kier molecular flexibility index (Phi) is 7.84. The number of carbonyl (C=O) groups is 2. The molecule has 0 unspecified atom stereocenters. The molecule has 5 rings (SSSR count). The first kappa shape index (κ1) is 31.0. The Morgan fingerprint density at radius 3 is 2.27 bits per heavy atom. The van der Waals surface area contributed by atoms with E-state index in [1.807, 2.05) is 0 Å². The van der Waals surface area contributed by atoms with Gasteiger partial charge in [-0.25, -0.2) is 0 Å². The van der Waals surface area contributed by atoms with Crippen LogP contribution >= 0.6 is 0 Å². The quantitative estimate of drug-likeness (QED) is 0.232. The molecule has 6 nitrogen and oxygen atoms in total. The van der Waals surface area contributed by atoms with Crippen molar-refractivity contribution in [3.8, 4) is 0 Å². The molecule has 6 heteroatoms. The number of hydrogen-bond acceptors (Lipinski definition) is 5.